The number of para-hydroxylation sites is 1. The van der Waals surface area contributed by atoms with E-state index in [-0.39, 0.29) is 5.56 Å². The van der Waals surface area contributed by atoms with Crippen molar-refractivity contribution in [3.63, 3.8) is 0 Å². The number of nitrogens with zero attached hydrogens (tertiary/aromatic N) is 4. The zero-order valence-electron chi connectivity index (χ0n) is 18.3. The number of aryl methyl sites for hydroxylation is 1. The van der Waals surface area contributed by atoms with Crippen molar-refractivity contribution < 1.29 is 9.47 Å². The van der Waals surface area contributed by atoms with Gasteiger partial charge in [-0.1, -0.05) is 30.3 Å². The average Bonchev–Trinajstić information content (AvgIpc) is 3.54. The Hall–Kier alpha value is -3.91. The molecule has 8 heteroatoms. The fourth-order valence-electron chi connectivity index (χ4n) is 3.84. The highest BCUT2D eigenvalue weighted by Gasteiger charge is 2.18. The van der Waals surface area contributed by atoms with Crippen LogP contribution >= 0.6 is 11.3 Å². The van der Waals surface area contributed by atoms with Crippen molar-refractivity contribution in [3.8, 4) is 27.9 Å². The second-order valence-corrected chi connectivity index (χ2v) is 8.39. The molecule has 0 aliphatic heterocycles. The summed E-state index contributed by atoms with van der Waals surface area (Å²) in [7, 11) is 3.23. The smallest absolute Gasteiger partial charge is 0.264 e. The molecule has 0 amide bonds. The molecule has 0 unspecified atom stereocenters. The molecule has 166 valence electrons. The fraction of sp³-hybridized carbons (Fsp3) is 0.160. The van der Waals surface area contributed by atoms with Gasteiger partial charge in [0.2, 0.25) is 0 Å². The third-order valence-electron chi connectivity index (χ3n) is 5.50. The SMILES string of the molecule is COc1ccc(CCn2c(-c3cccs3)nc3c(cnn3-c3ccccc3)c2=O)cc1OC. The van der Waals surface area contributed by atoms with E-state index in [0.29, 0.717) is 41.3 Å². The number of thiophene rings is 1. The van der Waals surface area contributed by atoms with Crippen molar-refractivity contribution in [2.24, 2.45) is 0 Å². The first-order valence-corrected chi connectivity index (χ1v) is 11.4. The van der Waals surface area contributed by atoms with E-state index >= 15 is 0 Å². The molecule has 0 N–H and O–H groups in total. The number of hydrogen-bond donors (Lipinski definition) is 0. The highest BCUT2D eigenvalue weighted by atomic mass is 32.1. The molecular formula is C25H22N4O3S. The zero-order chi connectivity index (χ0) is 22.8. The largest absolute Gasteiger partial charge is 0.493 e. The summed E-state index contributed by atoms with van der Waals surface area (Å²) in [6.07, 6.45) is 2.24. The Morgan fingerprint density at radius 2 is 1.79 bits per heavy atom. The van der Waals surface area contributed by atoms with Crippen LogP contribution in [-0.4, -0.2) is 33.6 Å². The summed E-state index contributed by atoms with van der Waals surface area (Å²) >= 11 is 1.56. The number of ether oxygens (including phenoxy) is 2. The Morgan fingerprint density at radius 3 is 2.52 bits per heavy atom. The lowest BCUT2D eigenvalue weighted by Gasteiger charge is -2.13. The molecule has 0 aliphatic carbocycles. The van der Waals surface area contributed by atoms with Gasteiger partial charge >= 0.3 is 0 Å². The van der Waals surface area contributed by atoms with Crippen LogP contribution in [0.15, 0.2) is 77.0 Å². The maximum atomic E-state index is 13.6. The molecule has 7 nitrogen and oxygen atoms in total. The topological polar surface area (TPSA) is 71.2 Å². The van der Waals surface area contributed by atoms with E-state index in [2.05, 4.69) is 5.10 Å². The minimum Gasteiger partial charge on any atom is -0.493 e. The molecule has 0 bridgehead atoms. The van der Waals surface area contributed by atoms with Crippen molar-refractivity contribution in [2.75, 3.05) is 14.2 Å². The normalized spacial score (nSPS) is 11.1. The molecule has 0 saturated heterocycles. The molecule has 0 radical (unpaired) electrons. The van der Waals surface area contributed by atoms with Crippen molar-refractivity contribution in [1.82, 2.24) is 19.3 Å². The lowest BCUT2D eigenvalue weighted by molar-refractivity contribution is 0.354. The van der Waals surface area contributed by atoms with Gasteiger partial charge in [0.15, 0.2) is 23.0 Å². The highest BCUT2D eigenvalue weighted by molar-refractivity contribution is 7.13. The van der Waals surface area contributed by atoms with Crippen LogP contribution in [-0.2, 0) is 13.0 Å². The molecule has 0 aliphatic rings. The summed E-state index contributed by atoms with van der Waals surface area (Å²) < 4.78 is 14.2. The summed E-state index contributed by atoms with van der Waals surface area (Å²) in [5.74, 6) is 1.98. The van der Waals surface area contributed by atoms with Crippen LogP contribution in [0.1, 0.15) is 5.56 Å². The molecule has 33 heavy (non-hydrogen) atoms. The number of aromatic nitrogens is 4. The average molecular weight is 459 g/mol. The van der Waals surface area contributed by atoms with Gasteiger partial charge in [0.25, 0.3) is 5.56 Å². The van der Waals surface area contributed by atoms with Crippen LogP contribution in [0.3, 0.4) is 0 Å². The summed E-state index contributed by atoms with van der Waals surface area (Å²) in [5.41, 5.74) is 2.35. The highest BCUT2D eigenvalue weighted by Crippen LogP contribution is 2.29. The summed E-state index contributed by atoms with van der Waals surface area (Å²) in [6, 6.07) is 19.5. The molecular weight excluding hydrogens is 436 g/mol. The molecule has 0 spiro atoms. The van der Waals surface area contributed by atoms with Gasteiger partial charge in [-0.2, -0.15) is 5.10 Å². The quantitative estimate of drug-likeness (QED) is 0.357. The van der Waals surface area contributed by atoms with Crippen molar-refractivity contribution in [2.45, 2.75) is 13.0 Å². The van der Waals surface area contributed by atoms with E-state index in [1.807, 2.05) is 66.0 Å². The van der Waals surface area contributed by atoms with Gasteiger partial charge in [-0.25, -0.2) is 9.67 Å². The van der Waals surface area contributed by atoms with Crippen LogP contribution in [0.5, 0.6) is 11.5 Å². The number of methoxy groups -OCH3 is 2. The van der Waals surface area contributed by atoms with E-state index in [0.717, 1.165) is 16.1 Å². The van der Waals surface area contributed by atoms with Crippen molar-refractivity contribution >= 4 is 22.4 Å². The number of benzene rings is 2. The maximum Gasteiger partial charge on any atom is 0.264 e. The maximum absolute atomic E-state index is 13.6. The minimum absolute atomic E-state index is 0.106. The van der Waals surface area contributed by atoms with Gasteiger partial charge in [-0.05, 0) is 47.7 Å². The van der Waals surface area contributed by atoms with E-state index in [4.69, 9.17) is 14.5 Å². The third-order valence-corrected chi connectivity index (χ3v) is 6.37. The van der Waals surface area contributed by atoms with Gasteiger partial charge in [0, 0.05) is 6.54 Å². The number of hydrogen-bond acceptors (Lipinski definition) is 6. The van der Waals surface area contributed by atoms with Crippen molar-refractivity contribution in [1.29, 1.82) is 0 Å². The van der Waals surface area contributed by atoms with Crippen LogP contribution in [0.4, 0.5) is 0 Å². The number of fused-ring (bicyclic) bond motifs is 1. The lowest BCUT2D eigenvalue weighted by atomic mass is 10.1. The first-order valence-electron chi connectivity index (χ1n) is 10.5. The molecule has 0 atom stereocenters. The lowest BCUT2D eigenvalue weighted by Crippen LogP contribution is -2.24. The monoisotopic (exact) mass is 458 g/mol. The Balaban J connectivity index is 1.59. The minimum atomic E-state index is -0.106. The Bertz CT molecular complexity index is 1460. The molecule has 3 aromatic heterocycles. The van der Waals surface area contributed by atoms with Gasteiger partial charge in [-0.15, -0.1) is 11.3 Å². The second-order valence-electron chi connectivity index (χ2n) is 7.44. The first kappa shape index (κ1) is 21.0. The summed E-state index contributed by atoms with van der Waals surface area (Å²) in [4.78, 5) is 19.4. The second kappa shape index (κ2) is 8.91. The molecule has 2 aromatic carbocycles. The van der Waals surface area contributed by atoms with Gasteiger partial charge in [-0.3, -0.25) is 9.36 Å². The molecule has 3 heterocycles. The Morgan fingerprint density at radius 1 is 0.970 bits per heavy atom. The predicted molar refractivity (Wildman–Crippen MR) is 130 cm³/mol. The van der Waals surface area contributed by atoms with E-state index < -0.39 is 0 Å². The molecule has 5 aromatic rings. The van der Waals surface area contributed by atoms with E-state index in [9.17, 15) is 4.79 Å². The first-order chi connectivity index (χ1) is 16.2. The van der Waals surface area contributed by atoms with Crippen LogP contribution in [0.25, 0.3) is 27.4 Å². The summed E-state index contributed by atoms with van der Waals surface area (Å²) in [5, 5.41) is 6.94. The van der Waals surface area contributed by atoms with E-state index in [1.54, 1.807) is 41.0 Å². The van der Waals surface area contributed by atoms with Gasteiger partial charge < -0.3 is 9.47 Å². The van der Waals surface area contributed by atoms with Gasteiger partial charge in [0.05, 0.1) is 31.0 Å². The van der Waals surface area contributed by atoms with Gasteiger partial charge in [0.1, 0.15) is 5.39 Å². The summed E-state index contributed by atoms with van der Waals surface area (Å²) in [6.45, 7) is 0.473. The zero-order valence-corrected chi connectivity index (χ0v) is 19.1. The van der Waals surface area contributed by atoms with Crippen molar-refractivity contribution in [3.05, 3.63) is 88.2 Å². The third kappa shape index (κ3) is 3.89. The predicted octanol–water partition coefficient (Wildman–Crippen LogP) is 4.57. The molecule has 5 rings (SSSR count). The van der Waals surface area contributed by atoms with Crippen LogP contribution < -0.4 is 15.0 Å². The standard InChI is InChI=1S/C25H22N4O3S/c1-31-20-11-10-17(15-21(20)32-2)12-13-28-24(22-9-6-14-33-22)27-23-19(25(28)30)16-26-29(23)18-7-4-3-5-8-18/h3-11,14-16H,12-13H2,1-2H3. The van der Waals surface area contributed by atoms with Crippen LogP contribution in [0.2, 0.25) is 0 Å². The Kier molecular flexibility index (Phi) is 5.66. The fourth-order valence-corrected chi connectivity index (χ4v) is 4.56. The molecule has 0 saturated carbocycles. The Labute approximate surface area is 194 Å². The van der Waals surface area contributed by atoms with Crippen LogP contribution in [0, 0.1) is 0 Å². The van der Waals surface area contributed by atoms with E-state index in [1.165, 1.54) is 0 Å². The molecule has 0 fully saturated rings. The number of rotatable bonds is 7.